The molecule has 0 aromatic heterocycles. The molecule has 0 aliphatic heterocycles. The summed E-state index contributed by atoms with van der Waals surface area (Å²) in [6.07, 6.45) is 0. The molecule has 0 unspecified atom stereocenters. The second kappa shape index (κ2) is 9.19. The van der Waals surface area contributed by atoms with Crippen LogP contribution in [-0.2, 0) is 24.3 Å². The molecule has 0 heterocycles. The quantitative estimate of drug-likeness (QED) is 0.673. The van der Waals surface area contributed by atoms with Gasteiger partial charge in [-0.15, -0.1) is 0 Å². The monoisotopic (exact) mass is 418 g/mol. The lowest BCUT2D eigenvalue weighted by molar-refractivity contribution is -0.146. The van der Waals surface area contributed by atoms with E-state index in [4.69, 9.17) is 4.74 Å². The zero-order chi connectivity index (χ0) is 21.8. The van der Waals surface area contributed by atoms with E-state index >= 15 is 0 Å². The van der Waals surface area contributed by atoms with Crippen LogP contribution < -0.4 is 10.0 Å². The maximum atomic E-state index is 12.4. The highest BCUT2D eigenvalue weighted by Gasteiger charge is 2.19. The van der Waals surface area contributed by atoms with Gasteiger partial charge in [0.25, 0.3) is 5.91 Å². The van der Waals surface area contributed by atoms with Gasteiger partial charge in [0.1, 0.15) is 6.54 Å². The highest BCUT2D eigenvalue weighted by atomic mass is 32.2. The minimum atomic E-state index is -3.86. The van der Waals surface area contributed by atoms with Gasteiger partial charge in [0.2, 0.25) is 10.0 Å². The Hall–Kier alpha value is -2.71. The molecule has 2 N–H and O–H groups in total. The summed E-state index contributed by atoms with van der Waals surface area (Å²) in [5.74, 6) is -1.34. The lowest BCUT2D eigenvalue weighted by Crippen LogP contribution is -2.32. The first kappa shape index (κ1) is 22.6. The predicted octanol–water partition coefficient (Wildman–Crippen LogP) is 2.69. The molecule has 0 atom stereocenters. The van der Waals surface area contributed by atoms with Crippen molar-refractivity contribution in [3.05, 3.63) is 58.1 Å². The molecule has 0 bridgehead atoms. The number of nitrogens with one attached hydrogen (secondary N) is 2. The Kier molecular flexibility index (Phi) is 7.16. The number of amides is 1. The summed E-state index contributed by atoms with van der Waals surface area (Å²) in [6, 6.07) is 8.91. The van der Waals surface area contributed by atoms with Crippen LogP contribution in [-0.4, -0.2) is 33.4 Å². The molecule has 0 radical (unpaired) electrons. The Morgan fingerprint density at radius 3 is 2.14 bits per heavy atom. The summed E-state index contributed by atoms with van der Waals surface area (Å²) < 4.78 is 31.9. The fraction of sp³-hybridized carbons (Fsp3) is 0.333. The molecule has 1 amide bonds. The van der Waals surface area contributed by atoms with E-state index in [0.717, 1.165) is 22.3 Å². The maximum Gasteiger partial charge on any atom is 0.321 e. The number of anilines is 1. The van der Waals surface area contributed by atoms with E-state index in [1.807, 2.05) is 32.9 Å². The third-order valence-electron chi connectivity index (χ3n) is 4.35. The Morgan fingerprint density at radius 2 is 1.52 bits per heavy atom. The molecule has 29 heavy (non-hydrogen) atoms. The van der Waals surface area contributed by atoms with Gasteiger partial charge in [-0.1, -0.05) is 29.8 Å². The second-order valence-electron chi connectivity index (χ2n) is 7.08. The van der Waals surface area contributed by atoms with Crippen LogP contribution in [0, 0.1) is 34.6 Å². The minimum absolute atomic E-state index is 0.105. The smallest absolute Gasteiger partial charge is 0.321 e. The lowest BCUT2D eigenvalue weighted by atomic mass is 10.1. The summed E-state index contributed by atoms with van der Waals surface area (Å²) in [6.45, 7) is 8.11. The zero-order valence-corrected chi connectivity index (χ0v) is 18.1. The average molecular weight is 419 g/mol. The number of hydrogen-bond acceptors (Lipinski definition) is 5. The minimum Gasteiger partial charge on any atom is -0.455 e. The molecule has 0 aliphatic rings. The van der Waals surface area contributed by atoms with Crippen molar-refractivity contribution in [3.63, 3.8) is 0 Å². The van der Waals surface area contributed by atoms with Crippen LogP contribution in [0.1, 0.15) is 27.8 Å². The molecule has 156 valence electrons. The largest absolute Gasteiger partial charge is 0.455 e. The Bertz CT molecular complexity index is 1020. The summed E-state index contributed by atoms with van der Waals surface area (Å²) >= 11 is 0. The summed E-state index contributed by atoms with van der Waals surface area (Å²) in [4.78, 5) is 24.1. The fourth-order valence-electron chi connectivity index (χ4n) is 2.98. The number of esters is 1. The second-order valence-corrected chi connectivity index (χ2v) is 8.81. The molecule has 7 nitrogen and oxygen atoms in total. The van der Waals surface area contributed by atoms with Crippen LogP contribution in [0.3, 0.4) is 0 Å². The molecule has 0 aliphatic carbocycles. The molecule has 0 fully saturated rings. The van der Waals surface area contributed by atoms with Crippen LogP contribution in [0.5, 0.6) is 0 Å². The van der Waals surface area contributed by atoms with Crippen molar-refractivity contribution in [1.82, 2.24) is 4.72 Å². The first-order chi connectivity index (χ1) is 13.5. The molecule has 0 saturated carbocycles. The van der Waals surface area contributed by atoms with Gasteiger partial charge in [0.15, 0.2) is 6.61 Å². The normalized spacial score (nSPS) is 11.2. The highest BCUT2D eigenvalue weighted by Crippen LogP contribution is 2.21. The summed E-state index contributed by atoms with van der Waals surface area (Å²) in [5, 5.41) is 2.72. The van der Waals surface area contributed by atoms with E-state index < -0.39 is 35.1 Å². The number of rotatable bonds is 7. The van der Waals surface area contributed by atoms with Gasteiger partial charge >= 0.3 is 5.97 Å². The van der Waals surface area contributed by atoms with Crippen molar-refractivity contribution in [3.8, 4) is 0 Å². The van der Waals surface area contributed by atoms with Gasteiger partial charge in [-0.05, 0) is 62.9 Å². The van der Waals surface area contributed by atoms with Crippen molar-refractivity contribution in [2.75, 3.05) is 18.5 Å². The van der Waals surface area contributed by atoms with Gasteiger partial charge < -0.3 is 10.1 Å². The molecule has 2 rings (SSSR count). The lowest BCUT2D eigenvalue weighted by Gasteiger charge is -2.13. The van der Waals surface area contributed by atoms with Crippen LogP contribution in [0.25, 0.3) is 0 Å². The Morgan fingerprint density at radius 1 is 0.897 bits per heavy atom. The number of aryl methyl sites for hydroxylation is 5. The van der Waals surface area contributed by atoms with Crippen LogP contribution >= 0.6 is 0 Å². The molecular weight excluding hydrogens is 392 g/mol. The molecule has 2 aromatic rings. The van der Waals surface area contributed by atoms with Gasteiger partial charge in [-0.3, -0.25) is 9.59 Å². The van der Waals surface area contributed by atoms with Gasteiger partial charge in [-0.2, -0.15) is 4.72 Å². The van der Waals surface area contributed by atoms with E-state index in [2.05, 4.69) is 10.0 Å². The van der Waals surface area contributed by atoms with E-state index in [9.17, 15) is 18.0 Å². The van der Waals surface area contributed by atoms with Crippen LogP contribution in [0.15, 0.2) is 35.2 Å². The van der Waals surface area contributed by atoms with Crippen molar-refractivity contribution in [2.45, 2.75) is 39.5 Å². The molecule has 8 heteroatoms. The van der Waals surface area contributed by atoms with Gasteiger partial charge in [0.05, 0.1) is 4.90 Å². The van der Waals surface area contributed by atoms with E-state index in [0.29, 0.717) is 11.3 Å². The number of carbonyl (C=O) groups excluding carboxylic acids is 2. The summed E-state index contributed by atoms with van der Waals surface area (Å²) in [5.41, 5.74) is 4.93. The van der Waals surface area contributed by atoms with E-state index in [-0.39, 0.29) is 4.90 Å². The summed E-state index contributed by atoms with van der Waals surface area (Å²) in [7, 11) is -3.86. The molecule has 0 spiro atoms. The Balaban J connectivity index is 1.90. The third-order valence-corrected chi connectivity index (χ3v) is 5.89. The van der Waals surface area contributed by atoms with Crippen molar-refractivity contribution >= 4 is 27.6 Å². The third kappa shape index (κ3) is 6.13. The predicted molar refractivity (Wildman–Crippen MR) is 111 cm³/mol. The fourth-order valence-corrected chi connectivity index (χ4v) is 4.27. The van der Waals surface area contributed by atoms with E-state index in [1.165, 1.54) is 6.07 Å². The number of carbonyl (C=O) groups is 2. The zero-order valence-electron chi connectivity index (χ0n) is 17.3. The molecular formula is C21H26N2O5S. The standard InChI is InChI=1S/C21H26N2O5S/c1-13-6-7-15(3)18(10-13)29(26,27)22-11-20(25)28-12-19(24)23-21-16(4)8-14(2)9-17(21)5/h6-10,22H,11-12H2,1-5H3,(H,23,24). The number of ether oxygens (including phenoxy) is 1. The Labute approximate surface area is 171 Å². The molecule has 0 saturated heterocycles. The SMILES string of the molecule is Cc1cc(C)c(NC(=O)COC(=O)CNS(=O)(=O)c2cc(C)ccc2C)c(C)c1. The van der Waals surface area contributed by atoms with Crippen LogP contribution in [0.2, 0.25) is 0 Å². The van der Waals surface area contributed by atoms with Gasteiger partial charge in [0, 0.05) is 5.69 Å². The average Bonchev–Trinajstić information content (AvgIpc) is 2.63. The van der Waals surface area contributed by atoms with Crippen LogP contribution in [0.4, 0.5) is 5.69 Å². The van der Waals surface area contributed by atoms with Crippen molar-refractivity contribution in [1.29, 1.82) is 0 Å². The topological polar surface area (TPSA) is 102 Å². The highest BCUT2D eigenvalue weighted by molar-refractivity contribution is 7.89. The van der Waals surface area contributed by atoms with Crippen molar-refractivity contribution in [2.24, 2.45) is 0 Å². The van der Waals surface area contributed by atoms with E-state index in [1.54, 1.807) is 26.0 Å². The van der Waals surface area contributed by atoms with Gasteiger partial charge in [-0.25, -0.2) is 8.42 Å². The number of hydrogen-bond donors (Lipinski definition) is 2. The maximum absolute atomic E-state index is 12.4. The first-order valence-electron chi connectivity index (χ1n) is 9.10. The number of sulfonamides is 1. The molecule has 2 aromatic carbocycles. The first-order valence-corrected chi connectivity index (χ1v) is 10.6. The van der Waals surface area contributed by atoms with Crippen molar-refractivity contribution < 1.29 is 22.7 Å². The number of benzene rings is 2.